The summed E-state index contributed by atoms with van der Waals surface area (Å²) < 4.78 is 0. The highest BCUT2D eigenvalue weighted by atomic mass is 16.1. The zero-order chi connectivity index (χ0) is 17.5. The summed E-state index contributed by atoms with van der Waals surface area (Å²) >= 11 is 0. The molecular formula is C22H22N2O. The normalized spacial score (nSPS) is 10.3. The predicted octanol–water partition coefficient (Wildman–Crippen LogP) is 4.79. The van der Waals surface area contributed by atoms with Crippen LogP contribution < -0.4 is 10.6 Å². The van der Waals surface area contributed by atoms with Crippen LogP contribution in [-0.2, 0) is 17.8 Å². The largest absolute Gasteiger partial charge is 0.381 e. The van der Waals surface area contributed by atoms with Crippen LogP contribution in [0.15, 0.2) is 78.9 Å². The van der Waals surface area contributed by atoms with Crippen molar-refractivity contribution in [1.29, 1.82) is 0 Å². The maximum atomic E-state index is 12.1. The van der Waals surface area contributed by atoms with Crippen LogP contribution in [0.4, 0.5) is 11.4 Å². The van der Waals surface area contributed by atoms with Crippen molar-refractivity contribution in [2.24, 2.45) is 0 Å². The Morgan fingerprint density at radius 3 is 2.08 bits per heavy atom. The number of benzene rings is 3. The third-order valence-electron chi connectivity index (χ3n) is 3.99. The summed E-state index contributed by atoms with van der Waals surface area (Å²) in [5.41, 5.74) is 5.28. The molecule has 0 aliphatic heterocycles. The summed E-state index contributed by atoms with van der Waals surface area (Å²) in [6.07, 6.45) is 0.383. The van der Waals surface area contributed by atoms with Crippen molar-refractivity contribution in [2.45, 2.75) is 19.9 Å². The summed E-state index contributed by atoms with van der Waals surface area (Å²) in [7, 11) is 0. The first-order chi connectivity index (χ1) is 12.2. The number of rotatable bonds is 6. The molecule has 3 aromatic carbocycles. The van der Waals surface area contributed by atoms with Crippen LogP contribution >= 0.6 is 0 Å². The summed E-state index contributed by atoms with van der Waals surface area (Å²) in [5.74, 6) is -0.00570. The SMILES string of the molecule is Cc1ccc(CC(=O)Nc2ccc(NCc3ccccc3)cc2)cc1. The first-order valence-corrected chi connectivity index (χ1v) is 8.42. The van der Waals surface area contributed by atoms with Gasteiger partial charge in [-0.15, -0.1) is 0 Å². The molecule has 0 aliphatic carbocycles. The van der Waals surface area contributed by atoms with Crippen molar-refractivity contribution in [2.75, 3.05) is 10.6 Å². The van der Waals surface area contributed by atoms with E-state index in [4.69, 9.17) is 0 Å². The second kappa shape index (κ2) is 8.15. The van der Waals surface area contributed by atoms with Crippen molar-refractivity contribution in [3.8, 4) is 0 Å². The van der Waals surface area contributed by atoms with E-state index in [-0.39, 0.29) is 5.91 Å². The number of aryl methyl sites for hydroxylation is 1. The molecule has 0 spiro atoms. The number of carbonyl (C=O) groups is 1. The second-order valence-electron chi connectivity index (χ2n) is 6.13. The Bertz CT molecular complexity index is 809. The van der Waals surface area contributed by atoms with Crippen molar-refractivity contribution in [3.05, 3.63) is 95.6 Å². The monoisotopic (exact) mass is 330 g/mol. The number of hydrogen-bond donors (Lipinski definition) is 2. The van der Waals surface area contributed by atoms with Crippen LogP contribution in [0.5, 0.6) is 0 Å². The van der Waals surface area contributed by atoms with Gasteiger partial charge in [-0.2, -0.15) is 0 Å². The van der Waals surface area contributed by atoms with Crippen LogP contribution in [0.25, 0.3) is 0 Å². The van der Waals surface area contributed by atoms with E-state index in [0.29, 0.717) is 6.42 Å². The van der Waals surface area contributed by atoms with E-state index in [9.17, 15) is 4.79 Å². The molecule has 2 N–H and O–H groups in total. The number of anilines is 2. The quantitative estimate of drug-likeness (QED) is 0.682. The first kappa shape index (κ1) is 16.8. The highest BCUT2D eigenvalue weighted by molar-refractivity contribution is 5.92. The standard InChI is InChI=1S/C22H22N2O/c1-17-7-9-18(10-8-17)15-22(25)24-21-13-11-20(12-14-21)23-16-19-5-3-2-4-6-19/h2-14,23H,15-16H2,1H3,(H,24,25). The van der Waals surface area contributed by atoms with Crippen molar-refractivity contribution in [3.63, 3.8) is 0 Å². The molecule has 0 atom stereocenters. The maximum Gasteiger partial charge on any atom is 0.228 e. The van der Waals surface area contributed by atoms with Crippen LogP contribution in [0, 0.1) is 6.92 Å². The number of amides is 1. The van der Waals surface area contributed by atoms with Crippen molar-refractivity contribution < 1.29 is 4.79 Å². The first-order valence-electron chi connectivity index (χ1n) is 8.42. The summed E-state index contributed by atoms with van der Waals surface area (Å²) in [6.45, 7) is 2.82. The van der Waals surface area contributed by atoms with Crippen molar-refractivity contribution >= 4 is 17.3 Å². The fourth-order valence-electron chi connectivity index (χ4n) is 2.57. The molecule has 3 aromatic rings. The average Bonchev–Trinajstić information content (AvgIpc) is 2.64. The molecule has 0 bridgehead atoms. The van der Waals surface area contributed by atoms with E-state index < -0.39 is 0 Å². The van der Waals surface area contributed by atoms with Gasteiger partial charge in [-0.05, 0) is 42.3 Å². The highest BCUT2D eigenvalue weighted by Crippen LogP contribution is 2.15. The zero-order valence-electron chi connectivity index (χ0n) is 14.3. The van der Waals surface area contributed by atoms with Crippen molar-refractivity contribution in [1.82, 2.24) is 0 Å². The van der Waals surface area contributed by atoms with Gasteiger partial charge in [0.15, 0.2) is 0 Å². The number of hydrogen-bond acceptors (Lipinski definition) is 2. The van der Waals surface area contributed by atoms with E-state index >= 15 is 0 Å². The third-order valence-corrected chi connectivity index (χ3v) is 3.99. The molecule has 0 saturated heterocycles. The summed E-state index contributed by atoms with van der Waals surface area (Å²) in [4.78, 5) is 12.1. The molecule has 3 rings (SSSR count). The minimum absolute atomic E-state index is 0.00570. The van der Waals surface area contributed by atoms with Gasteiger partial charge in [0.1, 0.15) is 0 Å². The molecule has 0 aromatic heterocycles. The van der Waals surface area contributed by atoms with Gasteiger partial charge >= 0.3 is 0 Å². The van der Waals surface area contributed by atoms with Gasteiger partial charge in [-0.1, -0.05) is 60.2 Å². The zero-order valence-corrected chi connectivity index (χ0v) is 14.3. The molecule has 0 heterocycles. The number of carbonyl (C=O) groups excluding carboxylic acids is 1. The molecule has 0 unspecified atom stereocenters. The van der Waals surface area contributed by atoms with E-state index in [1.807, 2.05) is 73.7 Å². The lowest BCUT2D eigenvalue weighted by Gasteiger charge is -2.09. The Morgan fingerprint density at radius 2 is 1.40 bits per heavy atom. The van der Waals surface area contributed by atoms with Gasteiger partial charge in [0.2, 0.25) is 5.91 Å². The lowest BCUT2D eigenvalue weighted by molar-refractivity contribution is -0.115. The molecule has 0 aliphatic rings. The topological polar surface area (TPSA) is 41.1 Å². The van der Waals surface area contributed by atoms with Gasteiger partial charge in [0.05, 0.1) is 6.42 Å². The molecule has 25 heavy (non-hydrogen) atoms. The van der Waals surface area contributed by atoms with Crippen LogP contribution in [0.2, 0.25) is 0 Å². The Balaban J connectivity index is 1.51. The Morgan fingerprint density at radius 1 is 0.760 bits per heavy atom. The Labute approximate surface area is 148 Å². The summed E-state index contributed by atoms with van der Waals surface area (Å²) in [6, 6.07) is 26.1. The van der Waals surface area contributed by atoms with E-state index in [1.165, 1.54) is 11.1 Å². The van der Waals surface area contributed by atoms with Gasteiger partial charge < -0.3 is 10.6 Å². The third kappa shape index (κ3) is 5.21. The Hall–Kier alpha value is -3.07. The lowest BCUT2D eigenvalue weighted by Crippen LogP contribution is -2.14. The molecule has 1 amide bonds. The molecule has 0 fully saturated rings. The van der Waals surface area contributed by atoms with Gasteiger partial charge in [0.25, 0.3) is 0 Å². The fourth-order valence-corrected chi connectivity index (χ4v) is 2.57. The van der Waals surface area contributed by atoms with Gasteiger partial charge in [0, 0.05) is 17.9 Å². The lowest BCUT2D eigenvalue weighted by atomic mass is 10.1. The summed E-state index contributed by atoms with van der Waals surface area (Å²) in [5, 5.41) is 6.31. The van der Waals surface area contributed by atoms with E-state index in [1.54, 1.807) is 0 Å². The smallest absolute Gasteiger partial charge is 0.228 e. The van der Waals surface area contributed by atoms with E-state index in [2.05, 4.69) is 22.8 Å². The van der Waals surface area contributed by atoms with Gasteiger partial charge in [-0.3, -0.25) is 4.79 Å². The van der Waals surface area contributed by atoms with Gasteiger partial charge in [-0.25, -0.2) is 0 Å². The van der Waals surface area contributed by atoms with E-state index in [0.717, 1.165) is 23.5 Å². The van der Waals surface area contributed by atoms with Crippen LogP contribution in [-0.4, -0.2) is 5.91 Å². The molecular weight excluding hydrogens is 308 g/mol. The predicted molar refractivity (Wildman–Crippen MR) is 104 cm³/mol. The Kier molecular flexibility index (Phi) is 5.47. The molecule has 126 valence electrons. The minimum atomic E-state index is -0.00570. The molecule has 3 heteroatoms. The van der Waals surface area contributed by atoms with Crippen LogP contribution in [0.1, 0.15) is 16.7 Å². The van der Waals surface area contributed by atoms with Crippen LogP contribution in [0.3, 0.4) is 0 Å². The average molecular weight is 330 g/mol. The molecule has 0 radical (unpaired) electrons. The second-order valence-corrected chi connectivity index (χ2v) is 6.13. The fraction of sp³-hybridized carbons (Fsp3) is 0.136. The minimum Gasteiger partial charge on any atom is -0.381 e. The molecule has 0 saturated carbocycles. The molecule has 3 nitrogen and oxygen atoms in total. The maximum absolute atomic E-state index is 12.1. The number of nitrogens with one attached hydrogen (secondary N) is 2. The highest BCUT2D eigenvalue weighted by Gasteiger charge is 2.04.